The summed E-state index contributed by atoms with van der Waals surface area (Å²) in [6, 6.07) is 1.27. The second-order valence-corrected chi connectivity index (χ2v) is 5.97. The first kappa shape index (κ1) is 13.5. The summed E-state index contributed by atoms with van der Waals surface area (Å²) in [6.45, 7) is 0.387. The highest BCUT2D eigenvalue weighted by molar-refractivity contribution is 7.87. The molecule has 1 saturated heterocycles. The molecule has 1 atom stereocenters. The number of aliphatic hydroxyl groups excluding tert-OH is 1. The average molecular weight is 275 g/mol. The van der Waals surface area contributed by atoms with Gasteiger partial charge >= 0.3 is 0 Å². The molecule has 2 N–H and O–H groups in total. The maximum Gasteiger partial charge on any atom is 0.280 e. The average Bonchev–Trinajstić information content (AvgIpc) is 2.89. The van der Waals surface area contributed by atoms with E-state index in [0.29, 0.717) is 18.7 Å². The lowest BCUT2D eigenvalue weighted by molar-refractivity contribution is 0.154. The van der Waals surface area contributed by atoms with E-state index in [4.69, 9.17) is 0 Å². The highest BCUT2D eigenvalue weighted by atomic mass is 32.2. The molecule has 1 aliphatic heterocycles. The number of rotatable bonds is 5. The van der Waals surface area contributed by atoms with Crippen molar-refractivity contribution in [3.63, 3.8) is 0 Å². The molecule has 0 aromatic carbocycles. The van der Waals surface area contributed by atoms with Crippen molar-refractivity contribution in [3.05, 3.63) is 18.0 Å². The summed E-state index contributed by atoms with van der Waals surface area (Å²) in [7, 11) is -3.58. The van der Waals surface area contributed by atoms with E-state index in [9.17, 15) is 13.5 Å². The summed E-state index contributed by atoms with van der Waals surface area (Å²) in [6.07, 6.45) is 3.85. The zero-order chi connectivity index (χ0) is 13.0. The molecule has 1 aliphatic rings. The Labute approximate surface area is 106 Å². The summed E-state index contributed by atoms with van der Waals surface area (Å²) in [5, 5.41) is 12.8. The zero-order valence-electron chi connectivity index (χ0n) is 9.95. The summed E-state index contributed by atoms with van der Waals surface area (Å²) >= 11 is 0. The van der Waals surface area contributed by atoms with E-state index in [1.54, 1.807) is 6.07 Å². The molecule has 102 valence electrons. The molecule has 0 radical (unpaired) electrons. The smallest absolute Gasteiger partial charge is 0.280 e. The normalized spacial score (nSPS) is 22.2. The lowest BCUT2D eigenvalue weighted by atomic mass is 10.1. The molecule has 1 fully saturated rings. The topological polar surface area (TPSA) is 95.7 Å². The molecular weight excluding hydrogens is 258 g/mol. The Bertz CT molecular complexity index is 459. The van der Waals surface area contributed by atoms with E-state index >= 15 is 0 Å². The van der Waals surface area contributed by atoms with Crippen LogP contribution in [0.15, 0.2) is 16.9 Å². The maximum absolute atomic E-state index is 12.1. The Morgan fingerprint density at radius 2 is 2.39 bits per heavy atom. The van der Waals surface area contributed by atoms with Gasteiger partial charge in [-0.3, -0.25) is 0 Å². The monoisotopic (exact) mass is 275 g/mol. The third-order valence-electron chi connectivity index (χ3n) is 3.02. The van der Waals surface area contributed by atoms with E-state index in [0.717, 1.165) is 12.8 Å². The van der Waals surface area contributed by atoms with E-state index < -0.39 is 10.2 Å². The molecule has 0 spiro atoms. The van der Waals surface area contributed by atoms with Gasteiger partial charge in [-0.1, -0.05) is 11.6 Å². The Hall–Kier alpha value is -0.960. The number of hydrogen-bond acceptors (Lipinski definition) is 5. The molecule has 0 saturated carbocycles. The summed E-state index contributed by atoms with van der Waals surface area (Å²) in [5.41, 5.74) is 0.524. The zero-order valence-corrected chi connectivity index (χ0v) is 10.8. The van der Waals surface area contributed by atoms with Crippen molar-refractivity contribution >= 4 is 10.2 Å². The highest BCUT2D eigenvalue weighted by Crippen LogP contribution is 2.19. The fourth-order valence-corrected chi connectivity index (χ4v) is 3.48. The van der Waals surface area contributed by atoms with Crippen LogP contribution in [0.3, 0.4) is 0 Å². The largest absolute Gasteiger partial charge is 0.395 e. The predicted molar refractivity (Wildman–Crippen MR) is 63.7 cm³/mol. The van der Waals surface area contributed by atoms with Crippen molar-refractivity contribution < 1.29 is 18.0 Å². The lowest BCUT2D eigenvalue weighted by Gasteiger charge is -2.33. The van der Waals surface area contributed by atoms with Gasteiger partial charge in [-0.15, -0.1) is 0 Å². The second kappa shape index (κ2) is 5.79. The molecule has 8 heteroatoms. The van der Waals surface area contributed by atoms with Gasteiger partial charge in [-0.2, -0.15) is 17.4 Å². The Balaban J connectivity index is 2.00. The van der Waals surface area contributed by atoms with Gasteiger partial charge in [-0.25, -0.2) is 0 Å². The third-order valence-corrected chi connectivity index (χ3v) is 4.63. The minimum Gasteiger partial charge on any atom is -0.395 e. The molecule has 0 aliphatic carbocycles. The van der Waals surface area contributed by atoms with Gasteiger partial charge in [-0.05, 0) is 12.8 Å². The van der Waals surface area contributed by atoms with Gasteiger partial charge in [0.25, 0.3) is 10.2 Å². The van der Waals surface area contributed by atoms with Crippen molar-refractivity contribution in [2.75, 3.05) is 13.2 Å². The van der Waals surface area contributed by atoms with Gasteiger partial charge < -0.3 is 9.63 Å². The minimum atomic E-state index is -3.58. The lowest BCUT2D eigenvalue weighted by Crippen LogP contribution is -2.50. The molecule has 1 aromatic heterocycles. The molecule has 0 bridgehead atoms. The van der Waals surface area contributed by atoms with Crippen LogP contribution in [0, 0.1) is 0 Å². The molecule has 2 rings (SSSR count). The van der Waals surface area contributed by atoms with Crippen LogP contribution in [-0.2, 0) is 16.8 Å². The van der Waals surface area contributed by atoms with Crippen molar-refractivity contribution in [2.24, 2.45) is 0 Å². The van der Waals surface area contributed by atoms with Crippen molar-refractivity contribution in [2.45, 2.75) is 31.8 Å². The number of piperidine rings is 1. The number of nitrogens with one attached hydrogen (secondary N) is 1. The van der Waals surface area contributed by atoms with Crippen LogP contribution in [0.1, 0.15) is 25.0 Å². The summed E-state index contributed by atoms with van der Waals surface area (Å²) < 4.78 is 32.6. The Morgan fingerprint density at radius 3 is 3.06 bits per heavy atom. The molecule has 1 unspecified atom stereocenters. The standard InChI is InChI=1S/C10H17N3O4S/c14-8-10-3-1-2-5-13(10)18(15,16)11-7-9-4-6-17-12-9/h4,6,10-11,14H,1-3,5,7-8H2. The molecule has 1 aromatic rings. The van der Waals surface area contributed by atoms with Crippen molar-refractivity contribution in [3.8, 4) is 0 Å². The Kier molecular flexibility index (Phi) is 4.33. The molecule has 2 heterocycles. The molecule has 18 heavy (non-hydrogen) atoms. The minimum absolute atomic E-state index is 0.0908. The quantitative estimate of drug-likeness (QED) is 0.779. The van der Waals surface area contributed by atoms with E-state index in [2.05, 4.69) is 14.4 Å². The van der Waals surface area contributed by atoms with Crippen LogP contribution >= 0.6 is 0 Å². The fourth-order valence-electron chi connectivity index (χ4n) is 2.05. The summed E-state index contributed by atoms with van der Waals surface area (Å²) in [4.78, 5) is 0. The van der Waals surface area contributed by atoms with Crippen LogP contribution in [0.5, 0.6) is 0 Å². The van der Waals surface area contributed by atoms with Gasteiger partial charge in [0.1, 0.15) is 6.26 Å². The first-order valence-electron chi connectivity index (χ1n) is 5.90. The van der Waals surface area contributed by atoms with Crippen molar-refractivity contribution in [1.82, 2.24) is 14.2 Å². The van der Waals surface area contributed by atoms with E-state index in [1.807, 2.05) is 0 Å². The summed E-state index contributed by atoms with van der Waals surface area (Å²) in [5.74, 6) is 0. The van der Waals surface area contributed by atoms with Crippen LogP contribution < -0.4 is 4.72 Å². The Morgan fingerprint density at radius 1 is 1.56 bits per heavy atom. The number of aromatic nitrogens is 1. The van der Waals surface area contributed by atoms with Crippen LogP contribution in [0.4, 0.5) is 0 Å². The first-order chi connectivity index (χ1) is 8.63. The highest BCUT2D eigenvalue weighted by Gasteiger charge is 2.31. The van der Waals surface area contributed by atoms with Crippen LogP contribution in [0.25, 0.3) is 0 Å². The SMILES string of the molecule is O=S(=O)(NCc1ccon1)N1CCCCC1CO. The van der Waals surface area contributed by atoms with E-state index in [-0.39, 0.29) is 19.2 Å². The van der Waals surface area contributed by atoms with Crippen LogP contribution in [0.2, 0.25) is 0 Å². The first-order valence-corrected chi connectivity index (χ1v) is 7.34. The fraction of sp³-hybridized carbons (Fsp3) is 0.700. The van der Waals surface area contributed by atoms with Gasteiger partial charge in [0.05, 0.1) is 18.8 Å². The van der Waals surface area contributed by atoms with E-state index in [1.165, 1.54) is 10.6 Å². The molecule has 7 nitrogen and oxygen atoms in total. The predicted octanol–water partition coefficient (Wildman–Crippen LogP) is -0.144. The second-order valence-electron chi connectivity index (χ2n) is 4.26. The van der Waals surface area contributed by atoms with Gasteiger partial charge in [0.15, 0.2) is 0 Å². The van der Waals surface area contributed by atoms with Crippen molar-refractivity contribution in [1.29, 1.82) is 0 Å². The number of aliphatic hydroxyl groups is 1. The van der Waals surface area contributed by atoms with Gasteiger partial charge in [0, 0.05) is 18.7 Å². The third kappa shape index (κ3) is 3.08. The molecule has 0 amide bonds. The molecular formula is C10H17N3O4S. The number of nitrogens with zero attached hydrogens (tertiary/aromatic N) is 2. The van der Waals surface area contributed by atoms with Gasteiger partial charge in [0.2, 0.25) is 0 Å². The van der Waals surface area contributed by atoms with Crippen LogP contribution in [-0.4, -0.2) is 42.2 Å². The maximum atomic E-state index is 12.1. The number of hydrogen-bond donors (Lipinski definition) is 2.